The van der Waals surface area contributed by atoms with Crippen LogP contribution in [0.4, 0.5) is 29.5 Å². The number of alkyl halides is 3. The Morgan fingerprint density at radius 2 is 1.57 bits per heavy atom. The smallest absolute Gasteiger partial charge is 0.307 e. The quantitative estimate of drug-likeness (QED) is 0.706. The van der Waals surface area contributed by atoms with Gasteiger partial charge in [-0.25, -0.2) is 9.59 Å². The van der Waals surface area contributed by atoms with Crippen LogP contribution in [0, 0.1) is 6.92 Å². The van der Waals surface area contributed by atoms with E-state index in [1.807, 2.05) is 0 Å². The number of halogens is 3. The predicted octanol–water partition coefficient (Wildman–Crippen LogP) is 4.15. The molecule has 0 bridgehead atoms. The summed E-state index contributed by atoms with van der Waals surface area (Å²) in [5.74, 6) is 0.177. The Kier molecular flexibility index (Phi) is 5.00. The Balaban J connectivity index is 1.90. The Bertz CT molecular complexity index is 1070. The summed E-state index contributed by atoms with van der Waals surface area (Å²) in [6.45, 7) is 1.63. The van der Waals surface area contributed by atoms with Crippen LogP contribution in [0.3, 0.4) is 0 Å². The highest BCUT2D eigenvalue weighted by Crippen LogP contribution is 2.34. The summed E-state index contributed by atoms with van der Waals surface area (Å²) >= 11 is 0. The maximum atomic E-state index is 13.1. The van der Waals surface area contributed by atoms with E-state index in [9.17, 15) is 22.8 Å². The van der Waals surface area contributed by atoms with Crippen LogP contribution in [0.2, 0.25) is 0 Å². The van der Waals surface area contributed by atoms with Gasteiger partial charge in [0.25, 0.3) is 0 Å². The van der Waals surface area contributed by atoms with Crippen molar-refractivity contribution in [2.24, 2.45) is 7.05 Å². The van der Waals surface area contributed by atoms with Crippen molar-refractivity contribution in [3.05, 3.63) is 76.3 Å². The summed E-state index contributed by atoms with van der Waals surface area (Å²) in [4.78, 5) is 24.9. The zero-order valence-corrected chi connectivity index (χ0v) is 15.0. The molecule has 28 heavy (non-hydrogen) atoms. The Labute approximate surface area is 158 Å². The van der Waals surface area contributed by atoms with E-state index in [2.05, 4.69) is 10.6 Å². The fraction of sp³-hybridized carbons (Fsp3) is 0.158. The molecule has 0 fully saturated rings. The molecule has 0 aliphatic rings. The Morgan fingerprint density at radius 1 is 0.964 bits per heavy atom. The molecule has 1 aromatic heterocycles. The molecule has 0 aliphatic carbocycles. The number of benzene rings is 2. The number of nitrogens with zero attached hydrogens (tertiary/aromatic N) is 2. The maximum absolute atomic E-state index is 13.1. The van der Waals surface area contributed by atoms with E-state index in [0.29, 0.717) is 11.4 Å². The molecule has 0 saturated heterocycles. The minimum absolute atomic E-state index is 0.177. The second kappa shape index (κ2) is 7.26. The molecule has 0 unspecified atom stereocenters. The largest absolute Gasteiger partial charge is 0.418 e. The van der Waals surface area contributed by atoms with Crippen molar-refractivity contribution in [1.82, 2.24) is 9.13 Å². The molecule has 0 saturated carbocycles. The zero-order valence-electron chi connectivity index (χ0n) is 15.0. The molecule has 1 heterocycles. The van der Waals surface area contributed by atoms with Crippen molar-refractivity contribution in [3.63, 3.8) is 0 Å². The number of anilines is 2. The van der Waals surface area contributed by atoms with Gasteiger partial charge in [0.15, 0.2) is 0 Å². The molecule has 0 radical (unpaired) electrons. The summed E-state index contributed by atoms with van der Waals surface area (Å²) in [5, 5.41) is 4.66. The molecule has 0 aliphatic heterocycles. The normalized spacial score (nSPS) is 11.3. The Hall–Kier alpha value is -3.49. The van der Waals surface area contributed by atoms with Crippen molar-refractivity contribution in [3.8, 4) is 5.69 Å². The molecule has 0 atom stereocenters. The molecule has 2 N–H and O–H groups in total. The molecule has 3 aromatic rings. The molecule has 146 valence electrons. The van der Waals surface area contributed by atoms with Gasteiger partial charge in [0.2, 0.25) is 0 Å². The van der Waals surface area contributed by atoms with Gasteiger partial charge in [-0.15, -0.1) is 0 Å². The SMILES string of the molecule is Cc1c(NC(=O)Nc2ccccc2C(F)(F)F)n(C)c(=O)n1-c1ccccc1. The van der Waals surface area contributed by atoms with Gasteiger partial charge < -0.3 is 5.32 Å². The third-order valence-corrected chi connectivity index (χ3v) is 4.22. The molecule has 6 nitrogen and oxygen atoms in total. The molecular formula is C19H17F3N4O2. The van der Waals surface area contributed by atoms with Crippen LogP contribution in [-0.4, -0.2) is 15.2 Å². The lowest BCUT2D eigenvalue weighted by Gasteiger charge is -2.14. The van der Waals surface area contributed by atoms with Crippen molar-refractivity contribution < 1.29 is 18.0 Å². The van der Waals surface area contributed by atoms with Gasteiger partial charge in [-0.1, -0.05) is 30.3 Å². The number of carbonyl (C=O) groups excluding carboxylic acids is 1. The number of imidazole rings is 1. The van der Waals surface area contributed by atoms with Crippen LogP contribution in [-0.2, 0) is 13.2 Å². The standard InChI is InChI=1S/C19H17F3N4O2/c1-12-16(25(2)18(28)26(12)13-8-4-3-5-9-13)24-17(27)23-15-11-7-6-10-14(15)19(20,21)22/h3-11H,1-2H3,(H2,23,24,27). The van der Waals surface area contributed by atoms with E-state index >= 15 is 0 Å². The second-order valence-corrected chi connectivity index (χ2v) is 6.07. The van der Waals surface area contributed by atoms with E-state index in [4.69, 9.17) is 0 Å². The lowest BCUT2D eigenvalue weighted by atomic mass is 10.1. The third-order valence-electron chi connectivity index (χ3n) is 4.22. The maximum Gasteiger partial charge on any atom is 0.418 e. The summed E-state index contributed by atoms with van der Waals surface area (Å²) in [7, 11) is 1.47. The highest BCUT2D eigenvalue weighted by atomic mass is 19.4. The summed E-state index contributed by atoms with van der Waals surface area (Å²) in [6, 6.07) is 12.6. The van der Waals surface area contributed by atoms with E-state index in [-0.39, 0.29) is 11.5 Å². The van der Waals surface area contributed by atoms with Crippen molar-refractivity contribution >= 4 is 17.5 Å². The molecule has 2 amide bonds. The number of nitrogens with one attached hydrogen (secondary N) is 2. The average Bonchev–Trinajstić information content (AvgIpc) is 2.85. The van der Waals surface area contributed by atoms with Crippen molar-refractivity contribution in [2.75, 3.05) is 10.6 Å². The fourth-order valence-corrected chi connectivity index (χ4v) is 2.89. The highest BCUT2D eigenvalue weighted by Gasteiger charge is 2.33. The number of amides is 2. The van der Waals surface area contributed by atoms with Crippen molar-refractivity contribution in [2.45, 2.75) is 13.1 Å². The minimum Gasteiger partial charge on any atom is -0.307 e. The number of aromatic nitrogens is 2. The van der Waals surface area contributed by atoms with Gasteiger partial charge in [0, 0.05) is 7.05 Å². The first-order valence-corrected chi connectivity index (χ1v) is 8.28. The first-order valence-electron chi connectivity index (χ1n) is 8.28. The van der Waals surface area contributed by atoms with Crippen LogP contribution in [0.15, 0.2) is 59.4 Å². The van der Waals surface area contributed by atoms with Gasteiger partial charge in [-0.2, -0.15) is 13.2 Å². The first kappa shape index (κ1) is 19.3. The number of para-hydroxylation sites is 2. The molecule has 3 rings (SSSR count). The topological polar surface area (TPSA) is 68.1 Å². The number of carbonyl (C=O) groups is 1. The van der Waals surface area contributed by atoms with Crippen LogP contribution in [0.1, 0.15) is 11.3 Å². The Morgan fingerprint density at radius 3 is 2.21 bits per heavy atom. The van der Waals surface area contributed by atoms with Gasteiger partial charge in [-0.05, 0) is 31.2 Å². The molecule has 9 heteroatoms. The first-order chi connectivity index (χ1) is 13.2. The molecular weight excluding hydrogens is 373 g/mol. The van der Waals surface area contributed by atoms with Gasteiger partial charge >= 0.3 is 17.9 Å². The fourth-order valence-electron chi connectivity index (χ4n) is 2.89. The lowest BCUT2D eigenvalue weighted by Crippen LogP contribution is -2.25. The predicted molar refractivity (Wildman–Crippen MR) is 99.8 cm³/mol. The number of hydrogen-bond acceptors (Lipinski definition) is 2. The molecule has 2 aromatic carbocycles. The minimum atomic E-state index is -4.61. The van der Waals surface area contributed by atoms with Crippen molar-refractivity contribution in [1.29, 1.82) is 0 Å². The summed E-state index contributed by atoms with van der Waals surface area (Å²) in [6.07, 6.45) is -4.61. The van der Waals surface area contributed by atoms with Crippen LogP contribution >= 0.6 is 0 Å². The monoisotopic (exact) mass is 390 g/mol. The summed E-state index contributed by atoms with van der Waals surface area (Å²) < 4.78 is 41.9. The summed E-state index contributed by atoms with van der Waals surface area (Å²) in [5.41, 5.74) is -0.681. The van der Waals surface area contributed by atoms with Gasteiger partial charge in [-0.3, -0.25) is 14.5 Å². The highest BCUT2D eigenvalue weighted by molar-refractivity contribution is 6.00. The molecule has 0 spiro atoms. The average molecular weight is 390 g/mol. The van der Waals surface area contributed by atoms with E-state index in [1.54, 1.807) is 37.3 Å². The van der Waals surface area contributed by atoms with Crippen LogP contribution in [0.5, 0.6) is 0 Å². The number of urea groups is 1. The van der Waals surface area contributed by atoms with E-state index in [1.165, 1.54) is 28.3 Å². The lowest BCUT2D eigenvalue weighted by molar-refractivity contribution is -0.136. The van der Waals surface area contributed by atoms with Gasteiger partial charge in [0.05, 0.1) is 22.6 Å². The number of hydrogen-bond donors (Lipinski definition) is 2. The van der Waals surface area contributed by atoms with Crippen LogP contribution < -0.4 is 16.3 Å². The van der Waals surface area contributed by atoms with Crippen LogP contribution in [0.25, 0.3) is 5.69 Å². The van der Waals surface area contributed by atoms with E-state index in [0.717, 1.165) is 12.1 Å². The zero-order chi connectivity index (χ0) is 20.5. The van der Waals surface area contributed by atoms with Gasteiger partial charge in [0.1, 0.15) is 5.82 Å². The third kappa shape index (κ3) is 3.64. The number of rotatable bonds is 3. The van der Waals surface area contributed by atoms with E-state index < -0.39 is 23.5 Å². The second-order valence-electron chi connectivity index (χ2n) is 6.07.